The zero-order chi connectivity index (χ0) is 15.7. The molecule has 0 aromatic carbocycles. The van der Waals surface area contributed by atoms with Crippen molar-refractivity contribution in [1.29, 1.82) is 0 Å². The van der Waals surface area contributed by atoms with Crippen molar-refractivity contribution in [3.63, 3.8) is 0 Å². The van der Waals surface area contributed by atoms with Crippen LogP contribution in [-0.2, 0) is 10.0 Å². The van der Waals surface area contributed by atoms with Crippen LogP contribution in [0.2, 0.25) is 0 Å². The molecule has 0 atom stereocenters. The first-order valence-electron chi connectivity index (χ1n) is 7.15. The Morgan fingerprint density at radius 2 is 1.95 bits per heavy atom. The quantitative estimate of drug-likeness (QED) is 0.801. The molecular weight excluding hydrogens is 290 g/mol. The van der Waals surface area contributed by atoms with Crippen molar-refractivity contribution in [3.05, 3.63) is 11.9 Å². The van der Waals surface area contributed by atoms with Gasteiger partial charge in [-0.1, -0.05) is 0 Å². The summed E-state index contributed by atoms with van der Waals surface area (Å²) >= 11 is 0. The first-order chi connectivity index (χ1) is 9.72. The molecule has 1 aliphatic heterocycles. The lowest BCUT2D eigenvalue weighted by Crippen LogP contribution is -2.57. The summed E-state index contributed by atoms with van der Waals surface area (Å²) in [7, 11) is -1.41. The third-order valence-corrected chi connectivity index (χ3v) is 5.64. The van der Waals surface area contributed by atoms with E-state index < -0.39 is 10.0 Å². The van der Waals surface area contributed by atoms with Gasteiger partial charge in [0.05, 0.1) is 11.9 Å². The monoisotopic (exact) mass is 315 g/mol. The van der Waals surface area contributed by atoms with Crippen molar-refractivity contribution < 1.29 is 8.42 Å². The van der Waals surface area contributed by atoms with Crippen molar-refractivity contribution in [1.82, 2.24) is 24.7 Å². The molecule has 2 N–H and O–H groups in total. The molecule has 2 rings (SSSR count). The predicted octanol–water partition coefficient (Wildman–Crippen LogP) is 0.0224. The summed E-state index contributed by atoms with van der Waals surface area (Å²) in [6.07, 6.45) is 1.35. The van der Waals surface area contributed by atoms with E-state index in [0.29, 0.717) is 12.2 Å². The van der Waals surface area contributed by atoms with Gasteiger partial charge in [-0.15, -0.1) is 0 Å². The van der Waals surface area contributed by atoms with Gasteiger partial charge in [0.15, 0.2) is 0 Å². The fourth-order valence-electron chi connectivity index (χ4n) is 2.48. The highest BCUT2D eigenvalue weighted by Crippen LogP contribution is 2.17. The van der Waals surface area contributed by atoms with E-state index in [1.54, 1.807) is 6.92 Å². The molecule has 0 bridgehead atoms. The van der Waals surface area contributed by atoms with Crippen LogP contribution in [0.3, 0.4) is 0 Å². The first-order valence-corrected chi connectivity index (χ1v) is 8.64. The Balaban J connectivity index is 2.00. The molecule has 7 nitrogen and oxygen atoms in total. The highest BCUT2D eigenvalue weighted by molar-refractivity contribution is 7.89. The maximum atomic E-state index is 12.3. The number of sulfonamides is 1. The normalized spacial score (nSPS) is 19.0. The number of aromatic amines is 1. The number of aromatic nitrogens is 2. The Morgan fingerprint density at radius 3 is 2.48 bits per heavy atom. The number of rotatable bonds is 5. The first kappa shape index (κ1) is 16.4. The molecule has 0 amide bonds. The molecule has 1 aromatic heterocycles. The Bertz CT molecular complexity index is 573. The van der Waals surface area contributed by atoms with Gasteiger partial charge in [0.25, 0.3) is 0 Å². The molecule has 0 radical (unpaired) electrons. The van der Waals surface area contributed by atoms with Gasteiger partial charge in [0.2, 0.25) is 10.0 Å². The maximum Gasteiger partial charge on any atom is 0.244 e. The van der Waals surface area contributed by atoms with E-state index in [1.807, 2.05) is 0 Å². The standard InChI is InChI=1S/C13H25N5O2S/c1-11-12(9-14-16-11)21(19,20)15-10-13(2,3)18-7-5-17(4)6-8-18/h9,15H,5-8,10H2,1-4H3,(H,14,16). The van der Waals surface area contributed by atoms with E-state index in [0.717, 1.165) is 26.2 Å². The van der Waals surface area contributed by atoms with Crippen LogP contribution in [0.25, 0.3) is 0 Å². The second-order valence-electron chi connectivity index (χ2n) is 6.29. The second-order valence-corrected chi connectivity index (χ2v) is 8.02. The predicted molar refractivity (Wildman–Crippen MR) is 81.7 cm³/mol. The molecule has 0 aliphatic carbocycles. The summed E-state index contributed by atoms with van der Waals surface area (Å²) in [6, 6.07) is 0. The van der Waals surface area contributed by atoms with Gasteiger partial charge < -0.3 is 4.90 Å². The van der Waals surface area contributed by atoms with Crippen molar-refractivity contribution >= 4 is 10.0 Å². The van der Waals surface area contributed by atoms with Crippen LogP contribution in [-0.4, -0.2) is 73.7 Å². The molecule has 120 valence electrons. The van der Waals surface area contributed by atoms with E-state index in [9.17, 15) is 8.42 Å². The van der Waals surface area contributed by atoms with Crippen LogP contribution in [0, 0.1) is 6.92 Å². The highest BCUT2D eigenvalue weighted by Gasteiger charge is 2.31. The lowest BCUT2D eigenvalue weighted by Gasteiger charge is -2.43. The summed E-state index contributed by atoms with van der Waals surface area (Å²) in [5, 5.41) is 6.43. The van der Waals surface area contributed by atoms with E-state index in [2.05, 4.69) is 45.6 Å². The van der Waals surface area contributed by atoms with Crippen LogP contribution in [0.15, 0.2) is 11.1 Å². The highest BCUT2D eigenvalue weighted by atomic mass is 32.2. The molecule has 1 aliphatic rings. The summed E-state index contributed by atoms with van der Waals surface area (Å²) in [6.45, 7) is 10.2. The fraction of sp³-hybridized carbons (Fsp3) is 0.769. The Kier molecular flexibility index (Phi) is 4.72. The molecule has 0 saturated carbocycles. The van der Waals surface area contributed by atoms with Gasteiger partial charge in [-0.25, -0.2) is 13.1 Å². The third-order valence-electron chi connectivity index (χ3n) is 4.13. The SMILES string of the molecule is Cc1[nH]ncc1S(=O)(=O)NCC(C)(C)N1CCN(C)CC1. The van der Waals surface area contributed by atoms with E-state index >= 15 is 0 Å². The molecular formula is C13H25N5O2S. The Labute approximate surface area is 126 Å². The van der Waals surface area contributed by atoms with Gasteiger partial charge in [-0.2, -0.15) is 5.10 Å². The summed E-state index contributed by atoms with van der Waals surface area (Å²) in [4.78, 5) is 4.83. The molecule has 2 heterocycles. The lowest BCUT2D eigenvalue weighted by molar-refractivity contribution is 0.0652. The summed E-state index contributed by atoms with van der Waals surface area (Å²) in [5.41, 5.74) is 0.339. The van der Waals surface area contributed by atoms with Crippen LogP contribution in [0.1, 0.15) is 19.5 Å². The van der Waals surface area contributed by atoms with Crippen molar-refractivity contribution in [3.8, 4) is 0 Å². The molecule has 0 spiro atoms. The topological polar surface area (TPSA) is 81.3 Å². The Morgan fingerprint density at radius 1 is 1.33 bits per heavy atom. The number of aryl methyl sites for hydroxylation is 1. The van der Waals surface area contributed by atoms with E-state index in [-0.39, 0.29) is 10.4 Å². The molecule has 8 heteroatoms. The minimum atomic E-state index is -3.51. The van der Waals surface area contributed by atoms with E-state index in [1.165, 1.54) is 6.20 Å². The minimum absolute atomic E-state index is 0.216. The minimum Gasteiger partial charge on any atom is -0.304 e. The van der Waals surface area contributed by atoms with Gasteiger partial charge in [-0.3, -0.25) is 10.00 Å². The average Bonchev–Trinajstić information content (AvgIpc) is 2.84. The number of hydrogen-bond donors (Lipinski definition) is 2. The van der Waals surface area contributed by atoms with Gasteiger partial charge in [0.1, 0.15) is 4.90 Å². The smallest absolute Gasteiger partial charge is 0.244 e. The summed E-state index contributed by atoms with van der Waals surface area (Å²) in [5.74, 6) is 0. The molecule has 21 heavy (non-hydrogen) atoms. The average molecular weight is 315 g/mol. The molecule has 0 unspecified atom stereocenters. The lowest BCUT2D eigenvalue weighted by atomic mass is 10.0. The molecule has 1 aromatic rings. The second kappa shape index (κ2) is 6.04. The third kappa shape index (κ3) is 3.82. The largest absolute Gasteiger partial charge is 0.304 e. The number of nitrogens with one attached hydrogen (secondary N) is 2. The van der Waals surface area contributed by atoms with Gasteiger partial charge >= 0.3 is 0 Å². The molecule has 1 saturated heterocycles. The maximum absolute atomic E-state index is 12.3. The number of hydrogen-bond acceptors (Lipinski definition) is 5. The van der Waals surface area contributed by atoms with Gasteiger partial charge in [-0.05, 0) is 27.8 Å². The summed E-state index contributed by atoms with van der Waals surface area (Å²) < 4.78 is 27.3. The van der Waals surface area contributed by atoms with Crippen LogP contribution >= 0.6 is 0 Å². The number of likely N-dealkylation sites (N-methyl/N-ethyl adjacent to an activating group) is 1. The number of H-pyrrole nitrogens is 1. The van der Waals surface area contributed by atoms with Crippen molar-refractivity contribution in [2.75, 3.05) is 39.8 Å². The van der Waals surface area contributed by atoms with E-state index in [4.69, 9.17) is 0 Å². The zero-order valence-electron chi connectivity index (χ0n) is 13.2. The van der Waals surface area contributed by atoms with Gasteiger partial charge in [0, 0.05) is 38.3 Å². The van der Waals surface area contributed by atoms with Crippen LogP contribution in [0.4, 0.5) is 0 Å². The fourth-order valence-corrected chi connectivity index (χ4v) is 3.82. The number of nitrogens with zero attached hydrogens (tertiary/aromatic N) is 3. The van der Waals surface area contributed by atoms with Crippen LogP contribution < -0.4 is 4.72 Å². The number of piperazine rings is 1. The van der Waals surface area contributed by atoms with Crippen LogP contribution in [0.5, 0.6) is 0 Å². The Hall–Kier alpha value is -0.960. The van der Waals surface area contributed by atoms with Crippen molar-refractivity contribution in [2.45, 2.75) is 31.2 Å². The zero-order valence-corrected chi connectivity index (χ0v) is 14.0. The molecule has 1 fully saturated rings. The van der Waals surface area contributed by atoms with Crippen molar-refractivity contribution in [2.24, 2.45) is 0 Å².